The molecule has 246 valence electrons. The van der Waals surface area contributed by atoms with Gasteiger partial charge in [0.25, 0.3) is 0 Å². The number of aliphatic hydroxyl groups is 1. The van der Waals surface area contributed by atoms with Crippen LogP contribution in [0.4, 0.5) is 21.2 Å². The third-order valence-electron chi connectivity index (χ3n) is 10.5. The van der Waals surface area contributed by atoms with Crippen LogP contribution in [0.3, 0.4) is 0 Å². The zero-order valence-corrected chi connectivity index (χ0v) is 28.3. The number of nitrogens with two attached hydrogens (primary N) is 1. The topological polar surface area (TPSA) is 118 Å². The van der Waals surface area contributed by atoms with Crippen LogP contribution in [0.5, 0.6) is 0 Å². The molecule has 2 aromatic heterocycles. The van der Waals surface area contributed by atoms with Crippen molar-refractivity contribution in [2.24, 2.45) is 0 Å². The van der Waals surface area contributed by atoms with Gasteiger partial charge in [-0.3, -0.25) is 4.90 Å². The number of halogens is 2. The second kappa shape index (κ2) is 11.7. The molecule has 13 heteroatoms. The highest BCUT2D eigenvalue weighted by Crippen LogP contribution is 2.51. The summed E-state index contributed by atoms with van der Waals surface area (Å²) in [5.41, 5.74) is 9.58. The van der Waals surface area contributed by atoms with Gasteiger partial charge in [0.15, 0.2) is 0 Å². The molecule has 2 unspecified atom stereocenters. The number of thiophene rings is 1. The summed E-state index contributed by atoms with van der Waals surface area (Å²) in [7, 11) is 4.19. The molecule has 6 heterocycles. The van der Waals surface area contributed by atoms with Crippen LogP contribution in [0.1, 0.15) is 42.9 Å². The van der Waals surface area contributed by atoms with Gasteiger partial charge in [-0.15, -0.1) is 11.3 Å². The number of nitriles is 1. The largest absolute Gasteiger partial charge is 0.392 e. The minimum absolute atomic E-state index is 0.223. The summed E-state index contributed by atoms with van der Waals surface area (Å²) in [5.74, 6) is 0.997. The number of hydrogen-bond donors (Lipinski definition) is 2. The van der Waals surface area contributed by atoms with Gasteiger partial charge >= 0.3 is 0 Å². The lowest BCUT2D eigenvalue weighted by Gasteiger charge is -2.43. The lowest BCUT2D eigenvalue weighted by molar-refractivity contribution is 0.111. The highest BCUT2D eigenvalue weighted by Gasteiger charge is 2.43. The highest BCUT2D eigenvalue weighted by molar-refractivity contribution is 7.23. The molecule has 3 N–H and O–H groups in total. The Kier molecular flexibility index (Phi) is 7.70. The van der Waals surface area contributed by atoms with E-state index in [2.05, 4.69) is 39.8 Å². The monoisotopic (exact) mass is 676 g/mol. The number of ether oxygens (including phenoxy) is 1. The zero-order chi connectivity index (χ0) is 32.7. The number of rotatable bonds is 6. The van der Waals surface area contributed by atoms with Gasteiger partial charge in [0.1, 0.15) is 22.7 Å². The fraction of sp³-hybridized carbons (Fsp3) is 0.500. The molecular formula is C34H38ClFN8O2S. The first-order valence-corrected chi connectivity index (χ1v) is 17.5. The molecule has 0 spiro atoms. The number of nitrogens with zero attached hydrogens (tertiary/aromatic N) is 7. The van der Waals surface area contributed by atoms with E-state index in [-0.39, 0.29) is 29.8 Å². The van der Waals surface area contributed by atoms with Crippen LogP contribution in [-0.2, 0) is 18.0 Å². The van der Waals surface area contributed by atoms with Gasteiger partial charge in [-0.1, -0.05) is 11.6 Å². The van der Waals surface area contributed by atoms with Gasteiger partial charge in [-0.25, -0.2) is 9.37 Å². The summed E-state index contributed by atoms with van der Waals surface area (Å²) in [6, 6.07) is 6.11. The maximum absolute atomic E-state index is 16.1. The molecule has 4 aliphatic rings. The van der Waals surface area contributed by atoms with Crippen LogP contribution in [0, 0.1) is 17.1 Å². The van der Waals surface area contributed by atoms with Crippen LogP contribution in [-0.4, -0.2) is 95.9 Å². The van der Waals surface area contributed by atoms with Crippen molar-refractivity contribution in [3.63, 3.8) is 0 Å². The second-order valence-electron chi connectivity index (χ2n) is 13.7. The van der Waals surface area contributed by atoms with Crippen LogP contribution >= 0.6 is 22.9 Å². The fourth-order valence-corrected chi connectivity index (χ4v) is 9.61. The molecule has 0 saturated carbocycles. The smallest absolute Gasteiger partial charge is 0.228 e. The van der Waals surface area contributed by atoms with E-state index in [1.54, 1.807) is 6.07 Å². The number of aromatic nitrogens is 2. The second-order valence-corrected chi connectivity index (χ2v) is 15.1. The molecule has 4 aromatic rings. The predicted octanol–water partition coefficient (Wildman–Crippen LogP) is 4.96. The molecule has 2 aromatic carbocycles. The fourth-order valence-electron chi connectivity index (χ4n) is 8.33. The van der Waals surface area contributed by atoms with E-state index in [0.717, 1.165) is 72.5 Å². The Bertz CT molecular complexity index is 1950. The Hall–Kier alpha value is -3.31. The summed E-state index contributed by atoms with van der Waals surface area (Å²) >= 11 is 8.74. The molecule has 3 saturated heterocycles. The molecule has 0 aliphatic carbocycles. The van der Waals surface area contributed by atoms with Crippen molar-refractivity contribution in [3.05, 3.63) is 39.7 Å². The molecule has 10 nitrogen and oxygen atoms in total. The maximum atomic E-state index is 16.1. The highest BCUT2D eigenvalue weighted by atomic mass is 35.5. The number of hydrogen-bond acceptors (Lipinski definition) is 11. The lowest BCUT2D eigenvalue weighted by atomic mass is 9.90. The first-order chi connectivity index (χ1) is 22.6. The Morgan fingerprint density at radius 1 is 1.13 bits per heavy atom. The summed E-state index contributed by atoms with van der Waals surface area (Å²) in [5, 5.41) is 22.2. The standard InChI is InChI=1S/C34H38ClFN8O2S/c1-17(45)11-42-12-19-4-5-20(13-42)44(19)33-28-23-16-46-15-22(23)27(29-24(36)6-7-25-26(29)21(10-37)32(38)47-25)30(35)31(28)39-34(40-33)43-9-8-18(14-43)41(2)3/h6-7,17-20,45H,4-5,8-9,11-16,38H2,1-3H3/t17-,18+,19?,20?/m1/s1. The van der Waals surface area contributed by atoms with Crippen molar-refractivity contribution < 1.29 is 14.2 Å². The van der Waals surface area contributed by atoms with Gasteiger partial charge in [-0.05, 0) is 63.5 Å². The third kappa shape index (κ3) is 4.93. The average molecular weight is 677 g/mol. The summed E-state index contributed by atoms with van der Waals surface area (Å²) in [6.07, 6.45) is 2.66. The molecule has 4 aliphatic heterocycles. The number of likely N-dealkylation sites (tertiary alicyclic amines) is 1. The first kappa shape index (κ1) is 31.0. The Labute approximate surface area is 282 Å². The van der Waals surface area contributed by atoms with E-state index in [9.17, 15) is 10.4 Å². The van der Waals surface area contributed by atoms with Crippen molar-refractivity contribution in [2.75, 3.05) is 62.4 Å². The Morgan fingerprint density at radius 3 is 2.55 bits per heavy atom. The zero-order valence-electron chi connectivity index (χ0n) is 26.8. The van der Waals surface area contributed by atoms with E-state index in [4.69, 9.17) is 32.0 Å². The molecule has 0 radical (unpaired) electrons. The molecular weight excluding hydrogens is 639 g/mol. The normalized spacial score (nSPS) is 23.4. The van der Waals surface area contributed by atoms with E-state index in [0.29, 0.717) is 51.6 Å². The van der Waals surface area contributed by atoms with Gasteiger partial charge in [0.2, 0.25) is 5.95 Å². The summed E-state index contributed by atoms with van der Waals surface area (Å²) in [6.45, 7) is 6.34. The van der Waals surface area contributed by atoms with E-state index in [1.807, 2.05) is 6.92 Å². The molecule has 3 fully saturated rings. The number of piperazine rings is 1. The summed E-state index contributed by atoms with van der Waals surface area (Å²) in [4.78, 5) is 19.8. The van der Waals surface area contributed by atoms with Crippen molar-refractivity contribution >= 4 is 60.7 Å². The lowest BCUT2D eigenvalue weighted by Crippen LogP contribution is -2.55. The van der Waals surface area contributed by atoms with E-state index in [1.165, 1.54) is 17.4 Å². The number of aliphatic hydroxyl groups excluding tert-OH is 1. The SMILES string of the molecule is C[C@@H](O)CN1CC2CCC(C1)N2c1nc(N2CC[C@H](N(C)C)C2)nc2c(Cl)c(-c3c(F)ccc4sc(N)c(C#N)c34)c3c(c12)COC3. The maximum Gasteiger partial charge on any atom is 0.228 e. The summed E-state index contributed by atoms with van der Waals surface area (Å²) < 4.78 is 22.9. The van der Waals surface area contributed by atoms with Crippen LogP contribution < -0.4 is 15.5 Å². The number of likely N-dealkylation sites (N-methyl/N-ethyl adjacent to an activating group) is 1. The molecule has 0 amide bonds. The van der Waals surface area contributed by atoms with Gasteiger partial charge < -0.3 is 30.3 Å². The van der Waals surface area contributed by atoms with Crippen molar-refractivity contribution in [3.8, 4) is 17.2 Å². The number of fused-ring (bicyclic) bond motifs is 6. The van der Waals surface area contributed by atoms with E-state index < -0.39 is 11.9 Å². The molecule has 8 rings (SSSR count). The Balaban J connectivity index is 1.38. The number of anilines is 3. The third-order valence-corrected chi connectivity index (χ3v) is 11.8. The van der Waals surface area contributed by atoms with Crippen LogP contribution in [0.2, 0.25) is 5.02 Å². The number of nitrogen functional groups attached to an aromatic ring is 1. The van der Waals surface area contributed by atoms with Crippen molar-refractivity contribution in [2.45, 2.75) is 63.6 Å². The van der Waals surface area contributed by atoms with Crippen LogP contribution in [0.25, 0.3) is 32.1 Å². The van der Waals surface area contributed by atoms with Gasteiger partial charge in [0, 0.05) is 72.1 Å². The molecule has 2 bridgehead atoms. The first-order valence-electron chi connectivity index (χ1n) is 16.3. The molecule has 47 heavy (non-hydrogen) atoms. The number of β-amino-alcohol motifs (C(OH)–C–C–N with tert-alkyl or cyclic N) is 1. The van der Waals surface area contributed by atoms with Crippen LogP contribution in [0.15, 0.2) is 12.1 Å². The quantitative estimate of drug-likeness (QED) is 0.290. The van der Waals surface area contributed by atoms with Crippen molar-refractivity contribution in [1.29, 1.82) is 5.26 Å². The predicted molar refractivity (Wildman–Crippen MR) is 185 cm³/mol. The van der Waals surface area contributed by atoms with Gasteiger partial charge in [0.05, 0.1) is 40.8 Å². The van der Waals surface area contributed by atoms with Gasteiger partial charge in [-0.2, -0.15) is 10.2 Å². The minimum atomic E-state index is -0.475. The minimum Gasteiger partial charge on any atom is -0.392 e. The van der Waals surface area contributed by atoms with Crippen molar-refractivity contribution in [1.82, 2.24) is 19.8 Å². The number of benzene rings is 2. The Morgan fingerprint density at radius 2 is 1.87 bits per heavy atom. The average Bonchev–Trinajstić information content (AvgIpc) is 3.82. The van der Waals surface area contributed by atoms with E-state index >= 15 is 4.39 Å². The molecule has 4 atom stereocenters.